The molecular formula is C12H20N4O. The zero-order chi connectivity index (χ0) is 12.3. The van der Waals surface area contributed by atoms with Gasteiger partial charge in [0.1, 0.15) is 0 Å². The fourth-order valence-corrected chi connectivity index (χ4v) is 2.12. The molecule has 0 aromatic carbocycles. The van der Waals surface area contributed by atoms with Crippen molar-refractivity contribution < 1.29 is 4.79 Å². The highest BCUT2D eigenvalue weighted by Gasteiger charge is 2.34. The van der Waals surface area contributed by atoms with Crippen molar-refractivity contribution in [3.8, 4) is 0 Å². The van der Waals surface area contributed by atoms with Gasteiger partial charge in [-0.25, -0.2) is 0 Å². The summed E-state index contributed by atoms with van der Waals surface area (Å²) in [5.74, 6) is 0.0585. The first kappa shape index (κ1) is 12.1. The van der Waals surface area contributed by atoms with Crippen LogP contribution in [0.2, 0.25) is 0 Å². The fraction of sp³-hybridized carbons (Fsp3) is 0.667. The van der Waals surface area contributed by atoms with Gasteiger partial charge in [-0.1, -0.05) is 0 Å². The van der Waals surface area contributed by atoms with E-state index in [1.54, 1.807) is 4.68 Å². The average molecular weight is 236 g/mol. The number of hydrogen-bond acceptors (Lipinski definition) is 3. The van der Waals surface area contributed by atoms with Gasteiger partial charge >= 0.3 is 0 Å². The van der Waals surface area contributed by atoms with Gasteiger partial charge in [-0.15, -0.1) is 0 Å². The molecule has 1 heterocycles. The Labute approximate surface area is 101 Å². The lowest BCUT2D eigenvalue weighted by atomic mass is 9.75. The monoisotopic (exact) mass is 236 g/mol. The van der Waals surface area contributed by atoms with Crippen LogP contribution in [0.4, 0.5) is 0 Å². The number of nitrogens with one attached hydrogen (secondary N) is 1. The minimum Gasteiger partial charge on any atom is -0.356 e. The summed E-state index contributed by atoms with van der Waals surface area (Å²) in [5.41, 5.74) is 6.79. The Morgan fingerprint density at radius 2 is 2.41 bits per heavy atom. The van der Waals surface area contributed by atoms with Crippen LogP contribution < -0.4 is 11.1 Å². The van der Waals surface area contributed by atoms with Crippen LogP contribution in [0.5, 0.6) is 0 Å². The van der Waals surface area contributed by atoms with Gasteiger partial charge in [-0.05, 0) is 25.3 Å². The average Bonchev–Trinajstić information content (AvgIpc) is 2.62. The van der Waals surface area contributed by atoms with Crippen LogP contribution in [-0.2, 0) is 18.3 Å². The normalized spacial score (nSPS) is 17.5. The van der Waals surface area contributed by atoms with Gasteiger partial charge in [-0.2, -0.15) is 5.10 Å². The predicted octanol–water partition coefficient (Wildman–Crippen LogP) is 0.350. The van der Waals surface area contributed by atoms with E-state index in [-0.39, 0.29) is 11.4 Å². The maximum Gasteiger partial charge on any atom is 0.221 e. The van der Waals surface area contributed by atoms with Crippen LogP contribution >= 0.6 is 0 Å². The Morgan fingerprint density at radius 3 is 2.94 bits per heavy atom. The summed E-state index contributed by atoms with van der Waals surface area (Å²) in [5, 5.41) is 7.15. The van der Waals surface area contributed by atoms with Crippen LogP contribution in [0.25, 0.3) is 0 Å². The molecule has 0 radical (unpaired) electrons. The molecule has 2 rings (SSSR count). The predicted molar refractivity (Wildman–Crippen MR) is 65.3 cm³/mol. The van der Waals surface area contributed by atoms with Crippen LogP contribution in [0.1, 0.15) is 31.4 Å². The van der Waals surface area contributed by atoms with Crippen molar-refractivity contribution in [1.82, 2.24) is 15.1 Å². The van der Waals surface area contributed by atoms with Gasteiger partial charge in [0, 0.05) is 38.2 Å². The zero-order valence-corrected chi connectivity index (χ0v) is 10.3. The number of nitrogens with two attached hydrogens (primary N) is 1. The molecule has 1 saturated carbocycles. The maximum atomic E-state index is 11.6. The number of nitrogens with zero attached hydrogens (tertiary/aromatic N) is 2. The molecule has 0 unspecified atom stereocenters. The van der Waals surface area contributed by atoms with Crippen molar-refractivity contribution >= 4 is 5.91 Å². The Kier molecular flexibility index (Phi) is 3.47. The molecule has 1 aromatic heterocycles. The van der Waals surface area contributed by atoms with Crippen molar-refractivity contribution in [2.24, 2.45) is 12.8 Å². The summed E-state index contributed by atoms with van der Waals surface area (Å²) in [7, 11) is 1.89. The van der Waals surface area contributed by atoms with Gasteiger partial charge in [-0.3, -0.25) is 9.48 Å². The lowest BCUT2D eigenvalue weighted by Gasteiger charge is -2.37. The van der Waals surface area contributed by atoms with Crippen molar-refractivity contribution in [2.75, 3.05) is 6.54 Å². The SMILES string of the molecule is Cn1ccc(CCNC(=O)CC2(N)CCC2)n1. The summed E-state index contributed by atoms with van der Waals surface area (Å²) in [6.45, 7) is 0.631. The number of carbonyl (C=O) groups is 1. The lowest BCUT2D eigenvalue weighted by molar-refractivity contribution is -0.122. The van der Waals surface area contributed by atoms with Gasteiger partial charge in [0.2, 0.25) is 5.91 Å². The van der Waals surface area contributed by atoms with E-state index in [9.17, 15) is 4.79 Å². The number of aromatic nitrogens is 2. The van der Waals surface area contributed by atoms with Crippen molar-refractivity contribution in [2.45, 2.75) is 37.6 Å². The highest BCUT2D eigenvalue weighted by atomic mass is 16.1. The summed E-state index contributed by atoms with van der Waals surface area (Å²) in [6, 6.07) is 1.96. The quantitative estimate of drug-likeness (QED) is 0.775. The smallest absolute Gasteiger partial charge is 0.221 e. The zero-order valence-electron chi connectivity index (χ0n) is 10.3. The van der Waals surface area contributed by atoms with E-state index >= 15 is 0 Å². The molecule has 0 bridgehead atoms. The molecule has 0 atom stereocenters. The number of hydrogen-bond donors (Lipinski definition) is 2. The maximum absolute atomic E-state index is 11.6. The van der Waals surface area contributed by atoms with Gasteiger partial charge in [0.25, 0.3) is 0 Å². The third-order valence-corrected chi connectivity index (χ3v) is 3.33. The van der Waals surface area contributed by atoms with Crippen molar-refractivity contribution in [3.63, 3.8) is 0 Å². The molecule has 3 N–H and O–H groups in total. The van der Waals surface area contributed by atoms with E-state index < -0.39 is 0 Å². The van der Waals surface area contributed by atoms with E-state index in [1.807, 2.05) is 19.3 Å². The van der Waals surface area contributed by atoms with Gasteiger partial charge in [0.15, 0.2) is 0 Å². The first-order valence-corrected chi connectivity index (χ1v) is 6.12. The topological polar surface area (TPSA) is 72.9 Å². The van der Waals surface area contributed by atoms with E-state index in [0.29, 0.717) is 13.0 Å². The molecule has 1 amide bonds. The molecule has 5 heteroatoms. The number of rotatable bonds is 5. The summed E-state index contributed by atoms with van der Waals surface area (Å²) in [6.07, 6.45) is 6.22. The minimum atomic E-state index is -0.227. The number of aryl methyl sites for hydroxylation is 1. The number of carbonyl (C=O) groups excluding carboxylic acids is 1. The van der Waals surface area contributed by atoms with E-state index in [4.69, 9.17) is 5.73 Å². The number of amides is 1. The molecule has 5 nitrogen and oxygen atoms in total. The standard InChI is InChI=1S/C12H20N4O/c1-16-8-4-10(15-16)3-7-14-11(17)9-12(13)5-2-6-12/h4,8H,2-3,5-7,9,13H2,1H3,(H,14,17). The first-order valence-electron chi connectivity index (χ1n) is 6.12. The highest BCUT2D eigenvalue weighted by molar-refractivity contribution is 5.77. The second-order valence-corrected chi connectivity index (χ2v) is 4.97. The Balaban J connectivity index is 1.66. The van der Waals surface area contributed by atoms with E-state index in [1.165, 1.54) is 0 Å². The molecular weight excluding hydrogens is 216 g/mol. The van der Waals surface area contributed by atoms with Gasteiger partial charge in [0.05, 0.1) is 5.69 Å². The largest absolute Gasteiger partial charge is 0.356 e. The Morgan fingerprint density at radius 1 is 1.65 bits per heavy atom. The highest BCUT2D eigenvalue weighted by Crippen LogP contribution is 2.31. The second kappa shape index (κ2) is 4.87. The molecule has 17 heavy (non-hydrogen) atoms. The Hall–Kier alpha value is -1.36. The third kappa shape index (κ3) is 3.30. The molecule has 0 aliphatic heterocycles. The second-order valence-electron chi connectivity index (χ2n) is 4.97. The van der Waals surface area contributed by atoms with Crippen LogP contribution in [0, 0.1) is 0 Å². The van der Waals surface area contributed by atoms with Crippen molar-refractivity contribution in [1.29, 1.82) is 0 Å². The molecule has 1 aliphatic rings. The van der Waals surface area contributed by atoms with Gasteiger partial charge < -0.3 is 11.1 Å². The van der Waals surface area contributed by atoms with Crippen LogP contribution in [-0.4, -0.2) is 27.8 Å². The van der Waals surface area contributed by atoms with E-state index in [2.05, 4.69) is 10.4 Å². The molecule has 0 spiro atoms. The third-order valence-electron chi connectivity index (χ3n) is 3.33. The van der Waals surface area contributed by atoms with Crippen LogP contribution in [0.3, 0.4) is 0 Å². The molecule has 1 aliphatic carbocycles. The molecule has 1 aromatic rings. The molecule has 1 fully saturated rings. The van der Waals surface area contributed by atoms with Crippen molar-refractivity contribution in [3.05, 3.63) is 18.0 Å². The summed E-state index contributed by atoms with van der Waals surface area (Å²) < 4.78 is 1.76. The fourth-order valence-electron chi connectivity index (χ4n) is 2.12. The molecule has 0 saturated heterocycles. The molecule has 94 valence electrons. The lowest BCUT2D eigenvalue weighted by Crippen LogP contribution is -2.50. The van der Waals surface area contributed by atoms with E-state index in [0.717, 1.165) is 31.4 Å². The minimum absolute atomic E-state index is 0.0585. The summed E-state index contributed by atoms with van der Waals surface area (Å²) in [4.78, 5) is 11.6. The van der Waals surface area contributed by atoms with Crippen LogP contribution in [0.15, 0.2) is 12.3 Å². The Bertz CT molecular complexity index is 395. The summed E-state index contributed by atoms with van der Waals surface area (Å²) >= 11 is 0. The first-order chi connectivity index (χ1) is 8.07.